The lowest BCUT2D eigenvalue weighted by atomic mass is 10.1. The lowest BCUT2D eigenvalue weighted by Gasteiger charge is -2.22. The van der Waals surface area contributed by atoms with Crippen molar-refractivity contribution in [3.05, 3.63) is 34.6 Å². The maximum atomic E-state index is 6.50. The number of nitrogens with one attached hydrogen (secondary N) is 1. The molecular formula is C21H28ClN3O3. The molecule has 2 aromatic rings. The molecule has 1 aliphatic heterocycles. The highest BCUT2D eigenvalue weighted by molar-refractivity contribution is 6.33. The number of benzene rings is 1. The van der Waals surface area contributed by atoms with Gasteiger partial charge in [0.05, 0.1) is 48.5 Å². The predicted molar refractivity (Wildman–Crippen MR) is 111 cm³/mol. The van der Waals surface area contributed by atoms with Gasteiger partial charge in [0.15, 0.2) is 0 Å². The van der Waals surface area contributed by atoms with Gasteiger partial charge in [-0.2, -0.15) is 0 Å². The summed E-state index contributed by atoms with van der Waals surface area (Å²) in [4.78, 5) is 9.84. The standard InChI is InChI=1S/C21H28ClN3O3/c1-5-16-20(14-9-8-13(26-4)10-15(14)22)23-17(6-2)21(24-16)25-18-11-27-12-19(18)28-7-3/h8-10,18-19H,5-7,11-12H2,1-4H3,(H,24,25). The molecule has 1 fully saturated rings. The van der Waals surface area contributed by atoms with E-state index in [1.54, 1.807) is 13.2 Å². The van der Waals surface area contributed by atoms with Gasteiger partial charge in [-0.3, -0.25) is 0 Å². The summed E-state index contributed by atoms with van der Waals surface area (Å²) in [7, 11) is 1.63. The van der Waals surface area contributed by atoms with E-state index in [-0.39, 0.29) is 12.1 Å². The summed E-state index contributed by atoms with van der Waals surface area (Å²) in [6.45, 7) is 8.00. The van der Waals surface area contributed by atoms with Crippen LogP contribution >= 0.6 is 11.6 Å². The Kier molecular flexibility index (Phi) is 7.10. The van der Waals surface area contributed by atoms with Gasteiger partial charge in [-0.1, -0.05) is 25.4 Å². The second-order valence-electron chi connectivity index (χ2n) is 6.65. The first-order valence-electron chi connectivity index (χ1n) is 9.80. The van der Waals surface area contributed by atoms with Crippen molar-refractivity contribution in [1.82, 2.24) is 9.97 Å². The van der Waals surface area contributed by atoms with Gasteiger partial charge in [-0.25, -0.2) is 9.97 Å². The van der Waals surface area contributed by atoms with Crippen molar-refractivity contribution in [2.75, 3.05) is 32.2 Å². The van der Waals surface area contributed by atoms with Gasteiger partial charge in [0.1, 0.15) is 17.7 Å². The van der Waals surface area contributed by atoms with Crippen LogP contribution in [0.1, 0.15) is 32.2 Å². The van der Waals surface area contributed by atoms with Crippen molar-refractivity contribution in [2.24, 2.45) is 0 Å². The molecule has 0 amide bonds. The number of methoxy groups -OCH3 is 1. The smallest absolute Gasteiger partial charge is 0.148 e. The molecular weight excluding hydrogens is 378 g/mol. The third-order valence-electron chi connectivity index (χ3n) is 4.87. The number of aromatic nitrogens is 2. The van der Waals surface area contributed by atoms with Crippen LogP contribution in [0.4, 0.5) is 5.82 Å². The molecule has 1 aliphatic rings. The highest BCUT2D eigenvalue weighted by Crippen LogP contribution is 2.33. The summed E-state index contributed by atoms with van der Waals surface area (Å²) >= 11 is 6.50. The number of rotatable bonds is 8. The van der Waals surface area contributed by atoms with E-state index in [0.29, 0.717) is 24.8 Å². The maximum absolute atomic E-state index is 6.50. The van der Waals surface area contributed by atoms with Gasteiger partial charge >= 0.3 is 0 Å². The van der Waals surface area contributed by atoms with Crippen LogP contribution in [0.3, 0.4) is 0 Å². The highest BCUT2D eigenvalue weighted by Gasteiger charge is 2.30. The molecule has 0 spiro atoms. The first-order valence-corrected chi connectivity index (χ1v) is 10.2. The van der Waals surface area contributed by atoms with Gasteiger partial charge in [-0.15, -0.1) is 0 Å². The minimum atomic E-state index is 0.0253. The SMILES string of the molecule is CCOC1COCC1Nc1nc(CC)c(-c2ccc(OC)cc2Cl)nc1CC. The van der Waals surface area contributed by atoms with E-state index in [1.807, 2.05) is 19.1 Å². The summed E-state index contributed by atoms with van der Waals surface area (Å²) < 4.78 is 16.6. The number of hydrogen-bond acceptors (Lipinski definition) is 6. The Morgan fingerprint density at radius 2 is 1.93 bits per heavy atom. The molecule has 1 aromatic heterocycles. The molecule has 1 aromatic carbocycles. The van der Waals surface area contributed by atoms with Crippen LogP contribution in [0.2, 0.25) is 5.02 Å². The van der Waals surface area contributed by atoms with Gasteiger partial charge in [0, 0.05) is 12.2 Å². The van der Waals surface area contributed by atoms with Crippen LogP contribution < -0.4 is 10.1 Å². The molecule has 2 unspecified atom stereocenters. The Morgan fingerprint density at radius 3 is 2.57 bits per heavy atom. The van der Waals surface area contributed by atoms with E-state index < -0.39 is 0 Å². The summed E-state index contributed by atoms with van der Waals surface area (Å²) in [5.74, 6) is 1.52. The number of anilines is 1. The largest absolute Gasteiger partial charge is 0.497 e. The Morgan fingerprint density at radius 1 is 1.14 bits per heavy atom. The van der Waals surface area contributed by atoms with Crippen molar-refractivity contribution in [3.8, 4) is 17.0 Å². The van der Waals surface area contributed by atoms with E-state index >= 15 is 0 Å². The van der Waals surface area contributed by atoms with Crippen LogP contribution in [-0.4, -0.2) is 49.0 Å². The molecule has 3 rings (SSSR count). The van der Waals surface area contributed by atoms with Crippen LogP contribution in [0.15, 0.2) is 18.2 Å². The molecule has 0 saturated carbocycles. The lowest BCUT2D eigenvalue weighted by molar-refractivity contribution is 0.0478. The average Bonchev–Trinajstić information content (AvgIpc) is 3.14. The molecule has 28 heavy (non-hydrogen) atoms. The lowest BCUT2D eigenvalue weighted by Crippen LogP contribution is -2.35. The molecule has 2 atom stereocenters. The zero-order valence-electron chi connectivity index (χ0n) is 16.9. The molecule has 0 bridgehead atoms. The Labute approximate surface area is 171 Å². The van der Waals surface area contributed by atoms with E-state index in [2.05, 4.69) is 19.2 Å². The monoisotopic (exact) mass is 405 g/mol. The highest BCUT2D eigenvalue weighted by atomic mass is 35.5. The normalized spacial score (nSPS) is 19.0. The van der Waals surface area contributed by atoms with E-state index in [0.717, 1.165) is 47.1 Å². The minimum Gasteiger partial charge on any atom is -0.497 e. The summed E-state index contributed by atoms with van der Waals surface area (Å²) in [6.07, 6.45) is 1.53. The molecule has 1 N–H and O–H groups in total. The third-order valence-corrected chi connectivity index (χ3v) is 5.19. The second-order valence-corrected chi connectivity index (χ2v) is 7.06. The zero-order valence-corrected chi connectivity index (χ0v) is 17.7. The number of aryl methyl sites for hydroxylation is 2. The van der Waals surface area contributed by atoms with Crippen molar-refractivity contribution in [1.29, 1.82) is 0 Å². The fourth-order valence-electron chi connectivity index (χ4n) is 3.37. The van der Waals surface area contributed by atoms with Crippen molar-refractivity contribution in [3.63, 3.8) is 0 Å². The first-order chi connectivity index (χ1) is 13.6. The van der Waals surface area contributed by atoms with Crippen molar-refractivity contribution >= 4 is 17.4 Å². The van der Waals surface area contributed by atoms with Gasteiger partial charge in [0.25, 0.3) is 0 Å². The molecule has 152 valence electrons. The molecule has 0 aliphatic carbocycles. The van der Waals surface area contributed by atoms with Gasteiger partial charge in [0.2, 0.25) is 0 Å². The quantitative estimate of drug-likeness (QED) is 0.711. The number of nitrogens with zero attached hydrogens (tertiary/aromatic N) is 2. The van der Waals surface area contributed by atoms with Crippen LogP contribution in [-0.2, 0) is 22.3 Å². The number of ether oxygens (including phenoxy) is 3. The van der Waals surface area contributed by atoms with Gasteiger partial charge in [-0.05, 0) is 38.0 Å². The molecule has 1 saturated heterocycles. The van der Waals surface area contributed by atoms with Crippen molar-refractivity contribution < 1.29 is 14.2 Å². The Hall–Kier alpha value is -1.89. The van der Waals surface area contributed by atoms with E-state index in [4.69, 9.17) is 35.8 Å². The third kappa shape index (κ3) is 4.40. The number of halogens is 1. The maximum Gasteiger partial charge on any atom is 0.148 e. The topological polar surface area (TPSA) is 65.5 Å². The Balaban J connectivity index is 1.96. The summed E-state index contributed by atoms with van der Waals surface area (Å²) in [5.41, 5.74) is 3.49. The van der Waals surface area contributed by atoms with Crippen LogP contribution in [0.5, 0.6) is 5.75 Å². The van der Waals surface area contributed by atoms with E-state index in [1.165, 1.54) is 0 Å². The van der Waals surface area contributed by atoms with Crippen LogP contribution in [0, 0.1) is 0 Å². The summed E-state index contributed by atoms with van der Waals surface area (Å²) in [6, 6.07) is 5.70. The fourth-order valence-corrected chi connectivity index (χ4v) is 3.63. The summed E-state index contributed by atoms with van der Waals surface area (Å²) in [5, 5.41) is 4.11. The first kappa shape index (κ1) is 20.8. The average molecular weight is 406 g/mol. The molecule has 0 radical (unpaired) electrons. The zero-order chi connectivity index (χ0) is 20.1. The Bertz CT molecular complexity index is 816. The van der Waals surface area contributed by atoms with Gasteiger partial charge < -0.3 is 19.5 Å². The molecule has 2 heterocycles. The second kappa shape index (κ2) is 9.54. The van der Waals surface area contributed by atoms with Crippen LogP contribution in [0.25, 0.3) is 11.3 Å². The molecule has 6 nitrogen and oxygen atoms in total. The van der Waals surface area contributed by atoms with E-state index in [9.17, 15) is 0 Å². The molecule has 7 heteroatoms. The predicted octanol–water partition coefficient (Wildman–Crippen LogP) is 4.15. The minimum absolute atomic E-state index is 0.0253. The fraction of sp³-hybridized carbons (Fsp3) is 0.524. The van der Waals surface area contributed by atoms with Crippen molar-refractivity contribution in [2.45, 2.75) is 45.8 Å². The number of hydrogen-bond donors (Lipinski definition) is 1.